The van der Waals surface area contributed by atoms with Crippen molar-refractivity contribution in [2.24, 2.45) is 11.8 Å². The second kappa shape index (κ2) is 6.94. The minimum absolute atomic E-state index is 0.225. The predicted octanol–water partition coefficient (Wildman–Crippen LogP) is 1.83. The first-order valence-electron chi connectivity index (χ1n) is 10.2. The molecule has 2 aromatic carbocycles. The second-order valence-corrected chi connectivity index (χ2v) is 7.88. The summed E-state index contributed by atoms with van der Waals surface area (Å²) in [5, 5.41) is 2.79. The van der Waals surface area contributed by atoms with Gasteiger partial charge in [-0.05, 0) is 36.8 Å². The van der Waals surface area contributed by atoms with Gasteiger partial charge in [-0.3, -0.25) is 24.1 Å². The molecule has 31 heavy (non-hydrogen) atoms. The SMILES string of the molecule is CCN1C(=O)[C@@H]2[C@H](C1=O)[C@@H]1C(=O)Nc3ccccc3C(=O)N1[C@@H]2c1ccc(OC)cc1. The van der Waals surface area contributed by atoms with Gasteiger partial charge in [-0.2, -0.15) is 0 Å². The summed E-state index contributed by atoms with van der Waals surface area (Å²) in [6, 6.07) is 12.0. The standard InChI is InChI=1S/C23H21N3O5/c1-3-25-22(29)16-17(23(25)30)19-20(27)24-15-7-5-4-6-14(15)21(28)26(19)18(16)12-8-10-13(31-2)11-9-12/h4-11,16-19H,3H2,1-2H3,(H,24,27)/t16-,17+,18-,19-/m1/s1. The number of carbonyl (C=O) groups excluding carboxylic acids is 4. The summed E-state index contributed by atoms with van der Waals surface area (Å²) in [5.41, 5.74) is 1.42. The molecule has 1 N–H and O–H groups in total. The molecule has 8 heteroatoms. The third kappa shape index (κ3) is 2.60. The van der Waals surface area contributed by atoms with Crippen LogP contribution < -0.4 is 10.1 Å². The summed E-state index contributed by atoms with van der Waals surface area (Å²) in [6.07, 6.45) is 0. The van der Waals surface area contributed by atoms with Crippen molar-refractivity contribution < 1.29 is 23.9 Å². The molecule has 0 bridgehead atoms. The first-order chi connectivity index (χ1) is 15.0. The van der Waals surface area contributed by atoms with E-state index in [4.69, 9.17) is 4.74 Å². The fraction of sp³-hybridized carbons (Fsp3) is 0.304. The van der Waals surface area contributed by atoms with Crippen molar-refractivity contribution in [2.75, 3.05) is 19.0 Å². The maximum atomic E-state index is 13.6. The molecule has 3 heterocycles. The zero-order valence-electron chi connectivity index (χ0n) is 17.1. The van der Waals surface area contributed by atoms with Gasteiger partial charge in [-0.25, -0.2) is 0 Å². The average Bonchev–Trinajstić information content (AvgIpc) is 3.22. The van der Waals surface area contributed by atoms with E-state index < -0.39 is 35.7 Å². The molecule has 3 aliphatic heterocycles. The summed E-state index contributed by atoms with van der Waals surface area (Å²) in [6.45, 7) is 1.95. The molecule has 4 amide bonds. The van der Waals surface area contributed by atoms with Crippen LogP contribution in [0.15, 0.2) is 48.5 Å². The Hall–Kier alpha value is -3.68. The Kier molecular flexibility index (Phi) is 4.32. The van der Waals surface area contributed by atoms with Gasteiger partial charge in [-0.1, -0.05) is 24.3 Å². The molecule has 5 rings (SSSR count). The first-order valence-corrected chi connectivity index (χ1v) is 10.2. The van der Waals surface area contributed by atoms with E-state index in [-0.39, 0.29) is 18.4 Å². The van der Waals surface area contributed by atoms with Crippen molar-refractivity contribution in [3.05, 3.63) is 59.7 Å². The van der Waals surface area contributed by atoms with E-state index in [9.17, 15) is 19.2 Å². The minimum atomic E-state index is -1.06. The van der Waals surface area contributed by atoms with Crippen LogP contribution >= 0.6 is 0 Å². The number of benzene rings is 2. The normalized spacial score (nSPS) is 26.9. The van der Waals surface area contributed by atoms with Gasteiger partial charge in [0.1, 0.15) is 11.8 Å². The van der Waals surface area contributed by atoms with E-state index in [0.717, 1.165) is 0 Å². The van der Waals surface area contributed by atoms with Crippen molar-refractivity contribution in [2.45, 2.75) is 19.0 Å². The molecule has 2 saturated heterocycles. The molecule has 0 aromatic heterocycles. The molecule has 2 aromatic rings. The molecule has 0 unspecified atom stereocenters. The van der Waals surface area contributed by atoms with Crippen LogP contribution in [0, 0.1) is 11.8 Å². The highest BCUT2D eigenvalue weighted by Crippen LogP contribution is 2.51. The number of anilines is 1. The number of ether oxygens (including phenoxy) is 1. The summed E-state index contributed by atoms with van der Waals surface area (Å²) in [5.74, 6) is -2.69. The highest BCUT2D eigenvalue weighted by molar-refractivity contribution is 6.16. The predicted molar refractivity (Wildman–Crippen MR) is 110 cm³/mol. The highest BCUT2D eigenvalue weighted by Gasteiger charge is 2.65. The topological polar surface area (TPSA) is 96.0 Å². The molecular weight excluding hydrogens is 398 g/mol. The smallest absolute Gasteiger partial charge is 0.257 e. The van der Waals surface area contributed by atoms with Crippen LogP contribution in [0.5, 0.6) is 5.75 Å². The fourth-order valence-electron chi connectivity index (χ4n) is 5.10. The van der Waals surface area contributed by atoms with E-state index in [0.29, 0.717) is 22.6 Å². The van der Waals surface area contributed by atoms with Gasteiger partial charge in [-0.15, -0.1) is 0 Å². The number of carbonyl (C=O) groups is 4. The largest absolute Gasteiger partial charge is 0.497 e. The molecule has 0 radical (unpaired) electrons. The van der Waals surface area contributed by atoms with E-state index in [1.54, 1.807) is 62.6 Å². The van der Waals surface area contributed by atoms with Crippen LogP contribution in [-0.4, -0.2) is 53.1 Å². The molecule has 8 nitrogen and oxygen atoms in total. The average molecular weight is 419 g/mol. The Labute approximate surface area is 178 Å². The number of hydrogen-bond donors (Lipinski definition) is 1. The van der Waals surface area contributed by atoms with Crippen molar-refractivity contribution >= 4 is 29.3 Å². The van der Waals surface area contributed by atoms with Gasteiger partial charge in [0.25, 0.3) is 5.91 Å². The van der Waals surface area contributed by atoms with Gasteiger partial charge in [0, 0.05) is 6.54 Å². The Bertz CT molecular complexity index is 1110. The number of nitrogens with zero attached hydrogens (tertiary/aromatic N) is 2. The zero-order chi connectivity index (χ0) is 21.9. The van der Waals surface area contributed by atoms with Crippen LogP contribution in [0.2, 0.25) is 0 Å². The third-order valence-electron chi connectivity index (χ3n) is 6.46. The van der Waals surface area contributed by atoms with Crippen LogP contribution in [0.25, 0.3) is 0 Å². The lowest BCUT2D eigenvalue weighted by atomic mass is 9.86. The van der Waals surface area contributed by atoms with E-state index in [1.807, 2.05) is 0 Å². The Balaban J connectivity index is 1.70. The van der Waals surface area contributed by atoms with Crippen molar-refractivity contribution in [3.63, 3.8) is 0 Å². The number of imide groups is 1. The molecule has 4 atom stereocenters. The van der Waals surface area contributed by atoms with E-state index in [2.05, 4.69) is 5.32 Å². The van der Waals surface area contributed by atoms with Crippen LogP contribution in [0.4, 0.5) is 5.69 Å². The third-order valence-corrected chi connectivity index (χ3v) is 6.46. The lowest BCUT2D eigenvalue weighted by molar-refractivity contribution is -0.142. The highest BCUT2D eigenvalue weighted by atomic mass is 16.5. The number of amides is 4. The molecule has 158 valence electrons. The minimum Gasteiger partial charge on any atom is -0.497 e. The monoisotopic (exact) mass is 419 g/mol. The maximum Gasteiger partial charge on any atom is 0.257 e. The number of nitrogens with one attached hydrogen (secondary N) is 1. The van der Waals surface area contributed by atoms with E-state index in [1.165, 1.54) is 9.80 Å². The Morgan fingerprint density at radius 3 is 2.19 bits per heavy atom. The van der Waals surface area contributed by atoms with Gasteiger partial charge in [0.15, 0.2) is 0 Å². The molecule has 0 spiro atoms. The Morgan fingerprint density at radius 2 is 1.55 bits per heavy atom. The zero-order valence-corrected chi connectivity index (χ0v) is 17.1. The quantitative estimate of drug-likeness (QED) is 0.766. The van der Waals surface area contributed by atoms with Gasteiger partial charge in [0.2, 0.25) is 17.7 Å². The number of methoxy groups -OCH3 is 1. The fourth-order valence-corrected chi connectivity index (χ4v) is 5.10. The van der Waals surface area contributed by atoms with E-state index >= 15 is 0 Å². The molecule has 2 fully saturated rings. The lowest BCUT2D eigenvalue weighted by Gasteiger charge is -2.31. The Morgan fingerprint density at radius 1 is 0.903 bits per heavy atom. The lowest BCUT2D eigenvalue weighted by Crippen LogP contribution is -2.48. The summed E-state index contributed by atoms with van der Waals surface area (Å²) in [7, 11) is 1.55. The van der Waals surface area contributed by atoms with Crippen molar-refractivity contribution in [3.8, 4) is 5.75 Å². The molecular formula is C23H21N3O5. The van der Waals surface area contributed by atoms with Crippen LogP contribution in [0.3, 0.4) is 0 Å². The summed E-state index contributed by atoms with van der Waals surface area (Å²) >= 11 is 0. The number of para-hydroxylation sites is 1. The van der Waals surface area contributed by atoms with Crippen molar-refractivity contribution in [1.29, 1.82) is 0 Å². The molecule has 0 aliphatic carbocycles. The van der Waals surface area contributed by atoms with Gasteiger partial charge >= 0.3 is 0 Å². The number of likely N-dealkylation sites (tertiary alicyclic amines) is 1. The molecule has 0 saturated carbocycles. The number of hydrogen-bond acceptors (Lipinski definition) is 5. The van der Waals surface area contributed by atoms with Crippen LogP contribution in [0.1, 0.15) is 28.9 Å². The molecule has 3 aliphatic rings. The summed E-state index contributed by atoms with van der Waals surface area (Å²) < 4.78 is 5.23. The second-order valence-electron chi connectivity index (χ2n) is 7.88. The van der Waals surface area contributed by atoms with Gasteiger partial charge in [0.05, 0.1) is 36.2 Å². The summed E-state index contributed by atoms with van der Waals surface area (Å²) in [4.78, 5) is 55.9. The first kappa shape index (κ1) is 19.3. The number of fused-ring (bicyclic) bond motifs is 4. The maximum absolute atomic E-state index is 13.6. The van der Waals surface area contributed by atoms with Gasteiger partial charge < -0.3 is 15.0 Å². The van der Waals surface area contributed by atoms with Crippen LogP contribution in [-0.2, 0) is 14.4 Å². The number of rotatable bonds is 3. The van der Waals surface area contributed by atoms with Crippen molar-refractivity contribution in [1.82, 2.24) is 9.80 Å².